The third-order valence-corrected chi connectivity index (χ3v) is 6.38. The third-order valence-electron chi connectivity index (χ3n) is 6.38. The molecule has 0 aromatic carbocycles. The molecule has 1 aliphatic heterocycles. The lowest BCUT2D eigenvalue weighted by Crippen LogP contribution is -2.38. The minimum Gasteiger partial charge on any atom is -0.393 e. The van der Waals surface area contributed by atoms with Crippen molar-refractivity contribution < 1.29 is 5.11 Å². The van der Waals surface area contributed by atoms with Gasteiger partial charge in [-0.15, -0.1) is 0 Å². The summed E-state index contributed by atoms with van der Waals surface area (Å²) in [6, 6.07) is 0.546. The van der Waals surface area contributed by atoms with Gasteiger partial charge in [0.25, 0.3) is 0 Å². The van der Waals surface area contributed by atoms with Crippen LogP contribution < -0.4 is 5.43 Å². The van der Waals surface area contributed by atoms with Crippen LogP contribution in [0.4, 0.5) is 0 Å². The molecule has 2 saturated carbocycles. The first-order valence-electron chi connectivity index (χ1n) is 9.21. The van der Waals surface area contributed by atoms with Crippen LogP contribution in [0.5, 0.6) is 0 Å². The van der Waals surface area contributed by atoms with Crippen molar-refractivity contribution in [1.82, 2.24) is 10.4 Å². The molecule has 3 atom stereocenters. The molecule has 22 heavy (non-hydrogen) atoms. The summed E-state index contributed by atoms with van der Waals surface area (Å²) >= 11 is 0. The Labute approximate surface area is 134 Å². The summed E-state index contributed by atoms with van der Waals surface area (Å²) in [6.07, 6.45) is 8.78. The third kappa shape index (κ3) is 2.33. The van der Waals surface area contributed by atoms with Gasteiger partial charge in [-0.05, 0) is 76.2 Å². The first kappa shape index (κ1) is 14.8. The molecule has 3 heteroatoms. The lowest BCUT2D eigenvalue weighted by Gasteiger charge is -2.33. The maximum atomic E-state index is 9.80. The molecule has 1 heterocycles. The van der Waals surface area contributed by atoms with Gasteiger partial charge < -0.3 is 10.1 Å². The molecular weight excluding hydrogens is 272 g/mol. The number of allylic oxidation sites excluding steroid dienone is 2. The average molecular weight is 302 g/mol. The van der Waals surface area contributed by atoms with Crippen molar-refractivity contribution in [3.63, 3.8) is 0 Å². The Hall–Kier alpha value is -0.800. The minimum atomic E-state index is -0.122. The summed E-state index contributed by atoms with van der Waals surface area (Å²) in [5, 5.41) is 12.2. The molecule has 0 spiro atoms. The van der Waals surface area contributed by atoms with Crippen molar-refractivity contribution in [3.8, 4) is 0 Å². The monoisotopic (exact) mass is 302 g/mol. The highest BCUT2D eigenvalue weighted by Gasteiger charge is 2.51. The Morgan fingerprint density at radius 2 is 1.86 bits per heavy atom. The average Bonchev–Trinajstić information content (AvgIpc) is 3.18. The molecule has 0 radical (unpaired) electrons. The van der Waals surface area contributed by atoms with Crippen molar-refractivity contribution in [2.45, 2.75) is 65.0 Å². The largest absolute Gasteiger partial charge is 0.393 e. The highest BCUT2D eigenvalue weighted by Crippen LogP contribution is 2.58. The number of rotatable bonds is 3. The van der Waals surface area contributed by atoms with Crippen LogP contribution >= 0.6 is 0 Å². The zero-order chi connectivity index (χ0) is 15.4. The molecule has 4 rings (SSSR count). The fourth-order valence-corrected chi connectivity index (χ4v) is 5.03. The van der Waals surface area contributed by atoms with Crippen LogP contribution in [0.15, 0.2) is 22.9 Å². The van der Waals surface area contributed by atoms with Crippen molar-refractivity contribution in [3.05, 3.63) is 22.9 Å². The van der Waals surface area contributed by atoms with Gasteiger partial charge >= 0.3 is 0 Å². The maximum Gasteiger partial charge on any atom is 0.0540 e. The van der Waals surface area contributed by atoms with E-state index in [-0.39, 0.29) is 6.10 Å². The van der Waals surface area contributed by atoms with Gasteiger partial charge in [0.05, 0.1) is 6.10 Å². The Morgan fingerprint density at radius 3 is 2.50 bits per heavy atom. The van der Waals surface area contributed by atoms with Gasteiger partial charge in [-0.25, -0.2) is 5.43 Å². The summed E-state index contributed by atoms with van der Waals surface area (Å²) in [5.74, 6) is 2.94. The first-order chi connectivity index (χ1) is 10.6. The molecule has 2 N–H and O–H groups in total. The smallest absolute Gasteiger partial charge is 0.0540 e. The van der Waals surface area contributed by atoms with Crippen molar-refractivity contribution in [1.29, 1.82) is 0 Å². The quantitative estimate of drug-likeness (QED) is 0.840. The van der Waals surface area contributed by atoms with Crippen LogP contribution in [0.3, 0.4) is 0 Å². The zero-order valence-electron chi connectivity index (χ0n) is 14.2. The lowest BCUT2D eigenvalue weighted by atomic mass is 9.74. The first-order valence-corrected chi connectivity index (χ1v) is 9.21. The summed E-state index contributed by atoms with van der Waals surface area (Å²) in [7, 11) is 0. The van der Waals surface area contributed by atoms with E-state index in [2.05, 4.69) is 30.4 Å². The van der Waals surface area contributed by atoms with Crippen molar-refractivity contribution >= 4 is 0 Å². The second-order valence-corrected chi connectivity index (χ2v) is 8.15. The summed E-state index contributed by atoms with van der Waals surface area (Å²) in [4.78, 5) is 0. The fraction of sp³-hybridized carbons (Fsp3) is 0.789. The Balaban J connectivity index is 1.51. The van der Waals surface area contributed by atoms with Crippen LogP contribution in [0.1, 0.15) is 52.9 Å². The van der Waals surface area contributed by atoms with E-state index in [0.717, 1.165) is 24.3 Å². The van der Waals surface area contributed by atoms with Crippen LogP contribution in [-0.4, -0.2) is 28.8 Å². The van der Waals surface area contributed by atoms with Gasteiger partial charge in [-0.2, -0.15) is 0 Å². The molecule has 122 valence electrons. The molecular formula is C19H30N2O. The van der Waals surface area contributed by atoms with E-state index in [1.54, 1.807) is 16.8 Å². The summed E-state index contributed by atoms with van der Waals surface area (Å²) < 4.78 is 0. The predicted molar refractivity (Wildman–Crippen MR) is 88.8 cm³/mol. The molecule has 3 aliphatic carbocycles. The van der Waals surface area contributed by atoms with Gasteiger partial charge in [-0.1, -0.05) is 11.6 Å². The van der Waals surface area contributed by atoms with E-state index >= 15 is 0 Å². The Kier molecular flexibility index (Phi) is 3.61. The van der Waals surface area contributed by atoms with E-state index < -0.39 is 0 Å². The number of nitrogens with one attached hydrogen (secondary N) is 1. The van der Waals surface area contributed by atoms with E-state index in [9.17, 15) is 5.11 Å². The van der Waals surface area contributed by atoms with Crippen LogP contribution in [0.25, 0.3) is 0 Å². The van der Waals surface area contributed by atoms with E-state index in [0.29, 0.717) is 12.0 Å². The highest BCUT2D eigenvalue weighted by atomic mass is 16.3. The lowest BCUT2D eigenvalue weighted by molar-refractivity contribution is 0.0921. The summed E-state index contributed by atoms with van der Waals surface area (Å²) in [5.41, 5.74) is 8.49. The van der Waals surface area contributed by atoms with Crippen LogP contribution in [-0.2, 0) is 0 Å². The van der Waals surface area contributed by atoms with Gasteiger partial charge in [0.15, 0.2) is 0 Å². The zero-order valence-corrected chi connectivity index (χ0v) is 14.2. The number of nitrogens with zero attached hydrogens (tertiary/aromatic N) is 1. The standard InChI is InChI=1S/C19H30N2O/c1-11(2)21-19-15(10-20-21)8-16(17-9-18(17)19)14-6-4-13(5-7-14)12(3)22/h8,11-14,17-18,20,22H,4-7,9-10H2,1-3H3/t12?,13?,14?,17-,18?/m1/s1. The number of hydrazine groups is 1. The van der Waals surface area contributed by atoms with Crippen molar-refractivity contribution in [2.24, 2.45) is 23.7 Å². The molecule has 0 aromatic heterocycles. The highest BCUT2D eigenvalue weighted by molar-refractivity contribution is 5.45. The van der Waals surface area contributed by atoms with Crippen molar-refractivity contribution in [2.75, 3.05) is 6.54 Å². The summed E-state index contributed by atoms with van der Waals surface area (Å²) in [6.45, 7) is 7.53. The Morgan fingerprint density at radius 1 is 1.14 bits per heavy atom. The topological polar surface area (TPSA) is 35.5 Å². The number of aliphatic hydroxyl groups is 1. The van der Waals surface area contributed by atoms with Crippen LogP contribution in [0.2, 0.25) is 0 Å². The number of hydrogen-bond acceptors (Lipinski definition) is 3. The maximum absolute atomic E-state index is 9.80. The normalized spacial score (nSPS) is 38.8. The molecule has 2 unspecified atom stereocenters. The number of aliphatic hydroxyl groups excluding tert-OH is 1. The second-order valence-electron chi connectivity index (χ2n) is 8.15. The second kappa shape index (κ2) is 5.38. The molecule has 4 aliphatic rings. The molecule has 0 aromatic rings. The SMILES string of the molecule is CC(O)C1CCC(C2=CC3=C(C4C[C@H]24)N(C(C)C)NC3)CC1. The van der Waals surface area contributed by atoms with E-state index in [1.165, 1.54) is 32.1 Å². The van der Waals surface area contributed by atoms with Gasteiger partial charge in [0.2, 0.25) is 0 Å². The Bertz CT molecular complexity index is 512. The van der Waals surface area contributed by atoms with Gasteiger partial charge in [0.1, 0.15) is 0 Å². The van der Waals surface area contributed by atoms with Gasteiger partial charge in [-0.3, -0.25) is 0 Å². The number of hydrogen-bond donors (Lipinski definition) is 2. The molecule has 3 nitrogen and oxygen atoms in total. The minimum absolute atomic E-state index is 0.122. The number of fused-ring (bicyclic) bond motifs is 2. The molecule has 2 fully saturated rings. The van der Waals surface area contributed by atoms with E-state index in [1.807, 2.05) is 6.92 Å². The molecule has 0 bridgehead atoms. The van der Waals surface area contributed by atoms with E-state index in [4.69, 9.17) is 0 Å². The molecule has 0 amide bonds. The predicted octanol–water partition coefficient (Wildman–Crippen LogP) is 3.23. The van der Waals surface area contributed by atoms with Crippen LogP contribution in [0, 0.1) is 23.7 Å². The van der Waals surface area contributed by atoms with Gasteiger partial charge in [0, 0.05) is 24.2 Å². The molecule has 0 saturated heterocycles. The fourth-order valence-electron chi connectivity index (χ4n) is 5.03.